The van der Waals surface area contributed by atoms with Crippen molar-refractivity contribution in [3.63, 3.8) is 0 Å². The highest BCUT2D eigenvalue weighted by atomic mass is 19.1. The molecule has 0 radical (unpaired) electrons. The van der Waals surface area contributed by atoms with E-state index in [2.05, 4.69) is 22.0 Å². The lowest BCUT2D eigenvalue weighted by Gasteiger charge is -2.32. The third-order valence-electron chi connectivity index (χ3n) is 4.94. The van der Waals surface area contributed by atoms with E-state index in [1.54, 1.807) is 24.7 Å². The van der Waals surface area contributed by atoms with Crippen LogP contribution in [-0.4, -0.2) is 45.7 Å². The predicted molar refractivity (Wildman–Crippen MR) is 102 cm³/mol. The summed E-state index contributed by atoms with van der Waals surface area (Å²) in [6, 6.07) is 12.4. The largest absolute Gasteiger partial charge is 0.492 e. The molecular formula is C21H23FN4O. The fourth-order valence-corrected chi connectivity index (χ4v) is 3.53. The standard InChI is InChI=1S/C21H23FN4O/c22-18-6-8-19(9-7-18)27-14-13-25-11-2-3-17(15-25)20-4-1-5-21(24-20)26-12-10-23-16-26/h1,4-10,12,16-17H,2-3,11,13-15H2. The number of benzene rings is 1. The SMILES string of the molecule is Fc1ccc(OCCN2CCCC(c3cccc(-n4ccnc4)n3)C2)cc1. The Hall–Kier alpha value is -2.73. The molecule has 0 bridgehead atoms. The van der Waals surface area contributed by atoms with Crippen molar-refractivity contribution in [3.8, 4) is 11.6 Å². The first-order chi connectivity index (χ1) is 13.3. The zero-order valence-electron chi connectivity index (χ0n) is 15.2. The van der Waals surface area contributed by atoms with Gasteiger partial charge < -0.3 is 4.74 Å². The van der Waals surface area contributed by atoms with E-state index >= 15 is 0 Å². The summed E-state index contributed by atoms with van der Waals surface area (Å²) in [5, 5.41) is 0. The molecule has 1 saturated heterocycles. The third kappa shape index (κ3) is 4.52. The average Bonchev–Trinajstić information content (AvgIpc) is 3.25. The van der Waals surface area contributed by atoms with E-state index in [1.165, 1.54) is 12.1 Å². The molecule has 0 spiro atoms. The van der Waals surface area contributed by atoms with Gasteiger partial charge in [-0.15, -0.1) is 0 Å². The number of halogens is 1. The van der Waals surface area contributed by atoms with Crippen LogP contribution in [0.15, 0.2) is 61.2 Å². The fraction of sp³-hybridized carbons (Fsp3) is 0.333. The van der Waals surface area contributed by atoms with Gasteiger partial charge in [-0.2, -0.15) is 0 Å². The maximum Gasteiger partial charge on any atom is 0.138 e. The fourth-order valence-electron chi connectivity index (χ4n) is 3.53. The monoisotopic (exact) mass is 366 g/mol. The quantitative estimate of drug-likeness (QED) is 0.668. The third-order valence-corrected chi connectivity index (χ3v) is 4.94. The van der Waals surface area contributed by atoms with E-state index in [0.717, 1.165) is 44.0 Å². The Labute approximate surface area is 158 Å². The summed E-state index contributed by atoms with van der Waals surface area (Å²) in [5.41, 5.74) is 1.13. The van der Waals surface area contributed by atoms with Gasteiger partial charge in [-0.1, -0.05) is 6.07 Å². The van der Waals surface area contributed by atoms with Gasteiger partial charge in [-0.25, -0.2) is 14.4 Å². The Morgan fingerprint density at radius 3 is 2.85 bits per heavy atom. The minimum atomic E-state index is -0.244. The summed E-state index contributed by atoms with van der Waals surface area (Å²) in [4.78, 5) is 11.4. The minimum absolute atomic E-state index is 0.244. The van der Waals surface area contributed by atoms with E-state index in [9.17, 15) is 4.39 Å². The number of ether oxygens (including phenoxy) is 1. The van der Waals surface area contributed by atoms with Crippen molar-refractivity contribution >= 4 is 0 Å². The van der Waals surface area contributed by atoms with Crippen LogP contribution in [-0.2, 0) is 0 Å². The van der Waals surface area contributed by atoms with Crippen molar-refractivity contribution in [1.29, 1.82) is 0 Å². The molecule has 1 unspecified atom stereocenters. The summed E-state index contributed by atoms with van der Waals surface area (Å²) in [7, 11) is 0. The molecule has 1 aliphatic rings. The van der Waals surface area contributed by atoms with Crippen LogP contribution in [0, 0.1) is 5.82 Å². The van der Waals surface area contributed by atoms with Gasteiger partial charge in [0.05, 0.1) is 0 Å². The van der Waals surface area contributed by atoms with Gasteiger partial charge in [0.1, 0.15) is 30.3 Å². The van der Waals surface area contributed by atoms with E-state index in [-0.39, 0.29) is 5.82 Å². The number of imidazole rings is 1. The van der Waals surface area contributed by atoms with Gasteiger partial charge in [0, 0.05) is 37.1 Å². The second-order valence-electron chi connectivity index (χ2n) is 6.83. The highest BCUT2D eigenvalue weighted by Gasteiger charge is 2.22. The number of likely N-dealkylation sites (tertiary alicyclic amines) is 1. The zero-order chi connectivity index (χ0) is 18.5. The molecule has 5 nitrogen and oxygen atoms in total. The Morgan fingerprint density at radius 2 is 2.04 bits per heavy atom. The van der Waals surface area contributed by atoms with E-state index in [1.807, 2.05) is 16.8 Å². The van der Waals surface area contributed by atoms with Crippen molar-refractivity contribution < 1.29 is 9.13 Å². The summed E-state index contributed by atoms with van der Waals surface area (Å²) < 4.78 is 20.6. The molecule has 4 rings (SSSR count). The van der Waals surface area contributed by atoms with Crippen LogP contribution in [0.1, 0.15) is 24.5 Å². The number of aromatic nitrogens is 3. The Bertz CT molecular complexity index is 851. The smallest absolute Gasteiger partial charge is 0.138 e. The van der Waals surface area contributed by atoms with Crippen LogP contribution < -0.4 is 4.74 Å². The van der Waals surface area contributed by atoms with Crippen LogP contribution in [0.25, 0.3) is 5.82 Å². The lowest BCUT2D eigenvalue weighted by Crippen LogP contribution is -2.37. The van der Waals surface area contributed by atoms with Crippen molar-refractivity contribution in [2.75, 3.05) is 26.2 Å². The lowest BCUT2D eigenvalue weighted by atomic mass is 9.94. The molecule has 140 valence electrons. The first kappa shape index (κ1) is 17.7. The van der Waals surface area contributed by atoms with E-state index in [0.29, 0.717) is 18.3 Å². The first-order valence-corrected chi connectivity index (χ1v) is 9.34. The average molecular weight is 366 g/mol. The molecule has 3 aromatic rings. The van der Waals surface area contributed by atoms with Gasteiger partial charge in [0.25, 0.3) is 0 Å². The molecule has 1 atom stereocenters. The molecule has 0 N–H and O–H groups in total. The summed E-state index contributed by atoms with van der Waals surface area (Å²) >= 11 is 0. The number of rotatable bonds is 6. The van der Waals surface area contributed by atoms with E-state index in [4.69, 9.17) is 9.72 Å². The highest BCUT2D eigenvalue weighted by Crippen LogP contribution is 2.26. The van der Waals surface area contributed by atoms with Crippen LogP contribution >= 0.6 is 0 Å². The Kier molecular flexibility index (Phi) is 5.44. The van der Waals surface area contributed by atoms with Crippen LogP contribution in [0.5, 0.6) is 5.75 Å². The second-order valence-corrected chi connectivity index (χ2v) is 6.83. The number of pyridine rings is 1. The van der Waals surface area contributed by atoms with Crippen molar-refractivity contribution in [2.45, 2.75) is 18.8 Å². The molecule has 1 fully saturated rings. The Morgan fingerprint density at radius 1 is 1.15 bits per heavy atom. The molecule has 0 aliphatic carbocycles. The molecule has 2 aromatic heterocycles. The topological polar surface area (TPSA) is 43.2 Å². The Balaban J connectivity index is 1.34. The molecule has 3 heterocycles. The minimum Gasteiger partial charge on any atom is -0.492 e. The zero-order valence-corrected chi connectivity index (χ0v) is 15.2. The maximum atomic E-state index is 12.9. The van der Waals surface area contributed by atoms with E-state index < -0.39 is 0 Å². The molecule has 0 amide bonds. The van der Waals surface area contributed by atoms with Gasteiger partial charge in [-0.05, 0) is 55.8 Å². The van der Waals surface area contributed by atoms with Crippen molar-refractivity contribution in [3.05, 3.63) is 72.7 Å². The maximum absolute atomic E-state index is 12.9. The molecular weight excluding hydrogens is 343 g/mol. The van der Waals surface area contributed by atoms with Gasteiger partial charge in [0.2, 0.25) is 0 Å². The highest BCUT2D eigenvalue weighted by molar-refractivity contribution is 5.26. The number of hydrogen-bond donors (Lipinski definition) is 0. The molecule has 1 aliphatic heterocycles. The molecule has 0 saturated carbocycles. The molecule has 6 heteroatoms. The number of hydrogen-bond acceptors (Lipinski definition) is 4. The van der Waals surface area contributed by atoms with Gasteiger partial charge >= 0.3 is 0 Å². The van der Waals surface area contributed by atoms with Crippen molar-refractivity contribution in [2.24, 2.45) is 0 Å². The van der Waals surface area contributed by atoms with Crippen LogP contribution in [0.2, 0.25) is 0 Å². The molecule has 1 aromatic carbocycles. The normalized spacial score (nSPS) is 17.7. The summed E-state index contributed by atoms with van der Waals surface area (Å²) in [5.74, 6) is 1.79. The van der Waals surface area contributed by atoms with Crippen LogP contribution in [0.3, 0.4) is 0 Å². The number of piperidine rings is 1. The second kappa shape index (κ2) is 8.31. The summed E-state index contributed by atoms with van der Waals surface area (Å²) in [6.07, 6.45) is 7.74. The van der Waals surface area contributed by atoms with Gasteiger partial charge in [-0.3, -0.25) is 9.47 Å². The summed E-state index contributed by atoms with van der Waals surface area (Å²) in [6.45, 7) is 3.51. The van der Waals surface area contributed by atoms with Crippen LogP contribution in [0.4, 0.5) is 4.39 Å². The lowest BCUT2D eigenvalue weighted by molar-refractivity contribution is 0.169. The molecule has 27 heavy (non-hydrogen) atoms. The first-order valence-electron chi connectivity index (χ1n) is 9.34. The van der Waals surface area contributed by atoms with Gasteiger partial charge in [0.15, 0.2) is 0 Å². The van der Waals surface area contributed by atoms with Crippen molar-refractivity contribution in [1.82, 2.24) is 19.4 Å². The number of nitrogens with zero attached hydrogens (tertiary/aromatic N) is 4. The predicted octanol–water partition coefficient (Wildman–Crippen LogP) is 3.66.